The molecule has 0 spiro atoms. The van der Waals surface area contributed by atoms with Crippen LogP contribution in [0.5, 0.6) is 11.5 Å². The molecule has 1 aliphatic heterocycles. The van der Waals surface area contributed by atoms with Crippen LogP contribution in [0.2, 0.25) is 10.0 Å². The molecule has 1 saturated heterocycles. The molecule has 0 unspecified atom stereocenters. The number of rotatable bonds is 6. The van der Waals surface area contributed by atoms with Crippen LogP contribution >= 0.6 is 23.2 Å². The van der Waals surface area contributed by atoms with Crippen molar-refractivity contribution >= 4 is 35.0 Å². The number of nitrogens with zero attached hydrogens (tertiary/aromatic N) is 1. The Morgan fingerprint density at radius 1 is 0.972 bits per heavy atom. The molecule has 6 nitrogen and oxygen atoms in total. The van der Waals surface area contributed by atoms with Gasteiger partial charge in [-0.25, -0.2) is 4.39 Å². The van der Waals surface area contributed by atoms with Crippen LogP contribution in [-0.2, 0) is 0 Å². The van der Waals surface area contributed by atoms with Gasteiger partial charge in [-0.1, -0.05) is 41.4 Å². The second-order valence-electron chi connectivity index (χ2n) is 8.45. The number of benzene rings is 3. The van der Waals surface area contributed by atoms with Crippen LogP contribution in [0.15, 0.2) is 60.7 Å². The van der Waals surface area contributed by atoms with Crippen LogP contribution in [-0.4, -0.2) is 50.1 Å². The molecular formula is C27H25Cl2FN2O4. The Labute approximate surface area is 218 Å². The highest BCUT2D eigenvalue weighted by molar-refractivity contribution is 6.33. The fourth-order valence-electron chi connectivity index (χ4n) is 4.43. The number of carbonyl (C=O) groups is 2. The molecule has 1 aliphatic rings. The highest BCUT2D eigenvalue weighted by Crippen LogP contribution is 2.33. The van der Waals surface area contributed by atoms with Crippen molar-refractivity contribution in [2.45, 2.75) is 18.4 Å². The van der Waals surface area contributed by atoms with Gasteiger partial charge in [-0.05, 0) is 54.4 Å². The molecule has 0 saturated carbocycles. The second kappa shape index (κ2) is 11.2. The summed E-state index contributed by atoms with van der Waals surface area (Å²) in [6, 6.07) is 15.9. The molecule has 0 aliphatic carbocycles. The van der Waals surface area contributed by atoms with Crippen molar-refractivity contribution in [1.82, 2.24) is 10.2 Å². The Morgan fingerprint density at radius 2 is 1.72 bits per heavy atom. The quantitative estimate of drug-likeness (QED) is 0.451. The zero-order valence-corrected chi connectivity index (χ0v) is 21.3. The number of nitrogens with one attached hydrogen (secondary N) is 1. The number of methoxy groups -OCH3 is 2. The predicted molar refractivity (Wildman–Crippen MR) is 137 cm³/mol. The second-order valence-corrected chi connectivity index (χ2v) is 9.26. The summed E-state index contributed by atoms with van der Waals surface area (Å²) in [6.45, 7) is 0.662. The predicted octanol–water partition coefficient (Wildman–Crippen LogP) is 5.58. The highest BCUT2D eigenvalue weighted by Gasteiger charge is 2.35. The zero-order valence-electron chi connectivity index (χ0n) is 19.8. The normalized spacial score (nSPS) is 17.4. The van der Waals surface area contributed by atoms with Crippen LogP contribution in [0.4, 0.5) is 4.39 Å². The molecule has 188 valence electrons. The lowest BCUT2D eigenvalue weighted by Crippen LogP contribution is -2.51. The maximum Gasteiger partial charge on any atom is 0.254 e. The molecule has 4 rings (SSSR count). The summed E-state index contributed by atoms with van der Waals surface area (Å²) in [5, 5.41) is 3.38. The average molecular weight is 531 g/mol. The molecule has 1 N–H and O–H groups in total. The minimum Gasteiger partial charge on any atom is -0.493 e. The number of hydrogen-bond acceptors (Lipinski definition) is 4. The number of hydrogen-bond donors (Lipinski definition) is 1. The summed E-state index contributed by atoms with van der Waals surface area (Å²) >= 11 is 12.1. The summed E-state index contributed by atoms with van der Waals surface area (Å²) in [6.07, 6.45) is 0.462. The summed E-state index contributed by atoms with van der Waals surface area (Å²) in [5.41, 5.74) is 1.42. The first-order valence-corrected chi connectivity index (χ1v) is 12.1. The third-order valence-corrected chi connectivity index (χ3v) is 6.97. The van der Waals surface area contributed by atoms with Crippen molar-refractivity contribution in [3.63, 3.8) is 0 Å². The van der Waals surface area contributed by atoms with E-state index < -0.39 is 5.82 Å². The molecule has 0 bridgehead atoms. The Hall–Kier alpha value is -3.29. The maximum atomic E-state index is 14.4. The molecule has 2 atom stereocenters. The van der Waals surface area contributed by atoms with Gasteiger partial charge in [0, 0.05) is 30.6 Å². The molecule has 2 amide bonds. The topological polar surface area (TPSA) is 67.9 Å². The third kappa shape index (κ3) is 5.42. The SMILES string of the molecule is COc1ccc(C(=O)N2CC[C@@H](NC(=O)c3ccccc3Cl)[C@H](c3ccc(Cl)c(F)c3)C2)cc1OC. The summed E-state index contributed by atoms with van der Waals surface area (Å²) in [7, 11) is 3.03. The van der Waals surface area contributed by atoms with E-state index in [0.29, 0.717) is 46.2 Å². The lowest BCUT2D eigenvalue weighted by molar-refractivity contribution is 0.0671. The van der Waals surface area contributed by atoms with Crippen LogP contribution in [0.3, 0.4) is 0 Å². The first-order chi connectivity index (χ1) is 17.3. The maximum absolute atomic E-state index is 14.4. The fourth-order valence-corrected chi connectivity index (χ4v) is 4.77. The van der Waals surface area contributed by atoms with Gasteiger partial charge in [0.2, 0.25) is 0 Å². The molecule has 0 aromatic heterocycles. The van der Waals surface area contributed by atoms with Crippen LogP contribution in [0, 0.1) is 5.82 Å². The van der Waals surface area contributed by atoms with Gasteiger partial charge in [0.25, 0.3) is 11.8 Å². The van der Waals surface area contributed by atoms with Gasteiger partial charge in [-0.3, -0.25) is 9.59 Å². The summed E-state index contributed by atoms with van der Waals surface area (Å²) in [5.74, 6) is -0.503. The van der Waals surface area contributed by atoms with Crippen molar-refractivity contribution in [3.05, 3.63) is 93.2 Å². The fraction of sp³-hybridized carbons (Fsp3) is 0.259. The van der Waals surface area contributed by atoms with Crippen molar-refractivity contribution in [2.75, 3.05) is 27.3 Å². The van der Waals surface area contributed by atoms with Gasteiger partial charge in [-0.2, -0.15) is 0 Å². The number of carbonyl (C=O) groups excluding carboxylic acids is 2. The Bertz CT molecular complexity index is 1290. The van der Waals surface area contributed by atoms with E-state index in [-0.39, 0.29) is 35.3 Å². The monoisotopic (exact) mass is 530 g/mol. The highest BCUT2D eigenvalue weighted by atomic mass is 35.5. The molecule has 3 aromatic carbocycles. The lowest BCUT2D eigenvalue weighted by atomic mass is 9.85. The van der Waals surface area contributed by atoms with Gasteiger partial charge in [-0.15, -0.1) is 0 Å². The summed E-state index contributed by atoms with van der Waals surface area (Å²) in [4.78, 5) is 28.1. The Morgan fingerprint density at radius 3 is 2.42 bits per heavy atom. The van der Waals surface area contributed by atoms with Crippen molar-refractivity contribution in [2.24, 2.45) is 0 Å². The van der Waals surface area contributed by atoms with Crippen LogP contribution in [0.1, 0.15) is 38.6 Å². The van der Waals surface area contributed by atoms with E-state index in [1.165, 1.54) is 26.4 Å². The van der Waals surface area contributed by atoms with E-state index in [4.69, 9.17) is 32.7 Å². The van der Waals surface area contributed by atoms with E-state index >= 15 is 0 Å². The average Bonchev–Trinajstić information content (AvgIpc) is 2.89. The van der Waals surface area contributed by atoms with Crippen molar-refractivity contribution < 1.29 is 23.5 Å². The molecule has 3 aromatic rings. The van der Waals surface area contributed by atoms with Crippen molar-refractivity contribution in [3.8, 4) is 11.5 Å². The number of piperidine rings is 1. The smallest absolute Gasteiger partial charge is 0.254 e. The van der Waals surface area contributed by atoms with Gasteiger partial charge in [0.15, 0.2) is 11.5 Å². The van der Waals surface area contributed by atoms with Crippen molar-refractivity contribution in [1.29, 1.82) is 0 Å². The number of amides is 2. The van der Waals surface area contributed by atoms with Gasteiger partial charge in [0.1, 0.15) is 5.82 Å². The molecule has 1 fully saturated rings. The van der Waals surface area contributed by atoms with E-state index in [1.807, 2.05) is 0 Å². The largest absolute Gasteiger partial charge is 0.493 e. The molecule has 1 heterocycles. The number of halogens is 3. The van der Waals surface area contributed by atoms with Gasteiger partial charge < -0.3 is 19.7 Å². The zero-order chi connectivity index (χ0) is 25.8. The van der Waals surface area contributed by atoms with Gasteiger partial charge >= 0.3 is 0 Å². The van der Waals surface area contributed by atoms with E-state index in [9.17, 15) is 14.0 Å². The molecular weight excluding hydrogens is 506 g/mol. The van der Waals surface area contributed by atoms with E-state index in [2.05, 4.69) is 5.32 Å². The number of ether oxygens (including phenoxy) is 2. The third-order valence-electron chi connectivity index (χ3n) is 6.34. The Balaban J connectivity index is 1.61. The van der Waals surface area contributed by atoms with Gasteiger partial charge in [0.05, 0.1) is 29.8 Å². The van der Waals surface area contributed by atoms with E-state index in [1.54, 1.807) is 53.4 Å². The standard InChI is InChI=1S/C27H25Cl2FN2O4/c1-35-24-10-8-17(14-25(24)36-2)27(34)32-12-11-23(31-26(33)18-5-3-4-6-20(18)28)19(15-32)16-7-9-21(29)22(30)13-16/h3-10,13-14,19,23H,11-12,15H2,1-2H3,(H,31,33)/t19-,23+/m0/s1. The van der Waals surface area contributed by atoms with E-state index in [0.717, 1.165) is 0 Å². The molecule has 9 heteroatoms. The lowest BCUT2D eigenvalue weighted by Gasteiger charge is -2.39. The molecule has 36 heavy (non-hydrogen) atoms. The Kier molecular flexibility index (Phi) is 8.01. The van der Waals surface area contributed by atoms with Crippen LogP contribution in [0.25, 0.3) is 0 Å². The minimum atomic E-state index is -0.561. The minimum absolute atomic E-state index is 0.00414. The first-order valence-electron chi connectivity index (χ1n) is 11.3. The summed E-state index contributed by atoms with van der Waals surface area (Å²) < 4.78 is 25.0. The number of likely N-dealkylation sites (tertiary alicyclic amines) is 1. The molecule has 0 radical (unpaired) electrons. The van der Waals surface area contributed by atoms with Crippen LogP contribution < -0.4 is 14.8 Å². The first kappa shape index (κ1) is 25.8.